The van der Waals surface area contributed by atoms with E-state index >= 15 is 0 Å². The quantitative estimate of drug-likeness (QED) is 0.831. The molecule has 3 rings (SSSR count). The second kappa shape index (κ2) is 3.75. The van der Waals surface area contributed by atoms with Gasteiger partial charge in [0.05, 0.1) is 0 Å². The molecule has 1 nitrogen and oxygen atoms in total. The molecule has 2 heteroatoms. The molecule has 0 radical (unpaired) electrons. The molecule has 2 unspecified atom stereocenters. The lowest BCUT2D eigenvalue weighted by atomic mass is 9.94. The van der Waals surface area contributed by atoms with Crippen LogP contribution < -0.4 is 5.73 Å². The maximum atomic E-state index is 6.50. The fraction of sp³-hybridized carbons (Fsp3) is 0.571. The van der Waals surface area contributed by atoms with Crippen molar-refractivity contribution in [2.24, 2.45) is 17.6 Å². The van der Waals surface area contributed by atoms with Crippen molar-refractivity contribution in [1.29, 1.82) is 0 Å². The van der Waals surface area contributed by atoms with E-state index in [2.05, 4.69) is 12.1 Å². The molecule has 86 valence electrons. The van der Waals surface area contributed by atoms with Crippen LogP contribution in [0.3, 0.4) is 0 Å². The van der Waals surface area contributed by atoms with Gasteiger partial charge in [0.1, 0.15) is 0 Å². The van der Waals surface area contributed by atoms with Crippen LogP contribution >= 0.6 is 11.6 Å². The van der Waals surface area contributed by atoms with Gasteiger partial charge in [0.25, 0.3) is 0 Å². The molecule has 1 aromatic carbocycles. The van der Waals surface area contributed by atoms with E-state index in [0.29, 0.717) is 0 Å². The van der Waals surface area contributed by atoms with Crippen LogP contribution in [0, 0.1) is 11.8 Å². The second-order valence-electron chi connectivity index (χ2n) is 5.40. The predicted molar refractivity (Wildman–Crippen MR) is 67.4 cm³/mol. The van der Waals surface area contributed by atoms with Crippen molar-refractivity contribution in [2.45, 2.75) is 37.6 Å². The Morgan fingerprint density at radius 3 is 2.38 bits per heavy atom. The Morgan fingerprint density at radius 1 is 1.12 bits per heavy atom. The highest BCUT2D eigenvalue weighted by molar-refractivity contribution is 6.30. The largest absolute Gasteiger partial charge is 0.321 e. The van der Waals surface area contributed by atoms with Gasteiger partial charge in [0, 0.05) is 10.6 Å². The van der Waals surface area contributed by atoms with E-state index in [1.54, 1.807) is 0 Å². The zero-order valence-corrected chi connectivity index (χ0v) is 10.2. The molecule has 2 atom stereocenters. The SMILES string of the molecule is NC1(c2ccc(Cl)cc2)CC1C1CCCC1. The highest BCUT2D eigenvalue weighted by Gasteiger charge is 2.55. The number of nitrogens with two attached hydrogens (primary N) is 1. The lowest BCUT2D eigenvalue weighted by Crippen LogP contribution is -2.24. The topological polar surface area (TPSA) is 26.0 Å². The molecule has 1 aromatic rings. The van der Waals surface area contributed by atoms with Gasteiger partial charge < -0.3 is 5.73 Å². The Morgan fingerprint density at radius 2 is 1.75 bits per heavy atom. The zero-order valence-electron chi connectivity index (χ0n) is 9.45. The molecule has 0 saturated heterocycles. The van der Waals surface area contributed by atoms with Crippen molar-refractivity contribution in [3.8, 4) is 0 Å². The molecule has 2 aliphatic rings. The number of benzene rings is 1. The molecule has 16 heavy (non-hydrogen) atoms. The molecule has 0 aliphatic heterocycles. The van der Waals surface area contributed by atoms with Crippen LogP contribution in [0.4, 0.5) is 0 Å². The van der Waals surface area contributed by atoms with E-state index in [-0.39, 0.29) is 5.54 Å². The first-order valence-electron chi connectivity index (χ1n) is 6.25. The summed E-state index contributed by atoms with van der Waals surface area (Å²) in [6.45, 7) is 0. The van der Waals surface area contributed by atoms with Crippen LogP contribution in [-0.4, -0.2) is 0 Å². The third kappa shape index (κ3) is 1.66. The van der Waals surface area contributed by atoms with Crippen LogP contribution in [0.5, 0.6) is 0 Å². The van der Waals surface area contributed by atoms with Gasteiger partial charge in [-0.1, -0.05) is 49.4 Å². The summed E-state index contributed by atoms with van der Waals surface area (Å²) in [6, 6.07) is 8.10. The maximum absolute atomic E-state index is 6.50. The summed E-state index contributed by atoms with van der Waals surface area (Å²) in [7, 11) is 0. The zero-order chi connectivity index (χ0) is 11.2. The highest BCUT2D eigenvalue weighted by atomic mass is 35.5. The average Bonchev–Trinajstić information content (AvgIpc) is 2.77. The van der Waals surface area contributed by atoms with Crippen molar-refractivity contribution in [3.63, 3.8) is 0 Å². The Kier molecular flexibility index (Phi) is 2.49. The summed E-state index contributed by atoms with van der Waals surface area (Å²) in [4.78, 5) is 0. The molecule has 2 saturated carbocycles. The molecule has 0 bridgehead atoms. The van der Waals surface area contributed by atoms with Crippen LogP contribution in [0.2, 0.25) is 5.02 Å². The van der Waals surface area contributed by atoms with Crippen LogP contribution in [0.15, 0.2) is 24.3 Å². The first kappa shape index (κ1) is 10.6. The van der Waals surface area contributed by atoms with Gasteiger partial charge >= 0.3 is 0 Å². The Labute approximate surface area is 102 Å². The first-order valence-corrected chi connectivity index (χ1v) is 6.63. The summed E-state index contributed by atoms with van der Waals surface area (Å²) in [5, 5.41) is 0.797. The van der Waals surface area contributed by atoms with E-state index in [1.807, 2.05) is 12.1 Å². The lowest BCUT2D eigenvalue weighted by molar-refractivity contribution is 0.428. The Balaban J connectivity index is 1.78. The summed E-state index contributed by atoms with van der Waals surface area (Å²) < 4.78 is 0. The predicted octanol–water partition coefficient (Wildman–Crippen LogP) is 3.70. The monoisotopic (exact) mass is 235 g/mol. The smallest absolute Gasteiger partial charge is 0.0445 e. The van der Waals surface area contributed by atoms with Crippen LogP contribution in [-0.2, 0) is 5.54 Å². The fourth-order valence-corrected chi connectivity index (χ4v) is 3.47. The van der Waals surface area contributed by atoms with Crippen molar-refractivity contribution in [2.75, 3.05) is 0 Å². The normalized spacial score (nSPS) is 34.2. The molecule has 2 fully saturated rings. The van der Waals surface area contributed by atoms with Crippen molar-refractivity contribution in [3.05, 3.63) is 34.9 Å². The van der Waals surface area contributed by atoms with E-state index in [0.717, 1.165) is 16.9 Å². The summed E-state index contributed by atoms with van der Waals surface area (Å²) in [5.74, 6) is 1.59. The van der Waals surface area contributed by atoms with Crippen molar-refractivity contribution in [1.82, 2.24) is 0 Å². The number of hydrogen-bond acceptors (Lipinski definition) is 1. The van der Waals surface area contributed by atoms with E-state index in [1.165, 1.54) is 37.7 Å². The van der Waals surface area contributed by atoms with E-state index < -0.39 is 0 Å². The van der Waals surface area contributed by atoms with Gasteiger partial charge in [0.15, 0.2) is 0 Å². The van der Waals surface area contributed by atoms with Gasteiger partial charge in [-0.2, -0.15) is 0 Å². The van der Waals surface area contributed by atoms with Gasteiger partial charge in [-0.15, -0.1) is 0 Å². The molecule has 0 heterocycles. The third-order valence-corrected chi connectivity index (χ3v) is 4.66. The van der Waals surface area contributed by atoms with E-state index in [9.17, 15) is 0 Å². The molecule has 0 aromatic heterocycles. The Bertz CT molecular complexity index is 380. The minimum atomic E-state index is -0.0421. The average molecular weight is 236 g/mol. The molecular formula is C14H18ClN. The van der Waals surface area contributed by atoms with Crippen LogP contribution in [0.25, 0.3) is 0 Å². The van der Waals surface area contributed by atoms with Gasteiger partial charge in [0.2, 0.25) is 0 Å². The van der Waals surface area contributed by atoms with Gasteiger partial charge in [-0.3, -0.25) is 0 Å². The summed E-state index contributed by atoms with van der Waals surface area (Å²) >= 11 is 5.90. The number of rotatable bonds is 2. The molecule has 0 spiro atoms. The molecule has 2 N–H and O–H groups in total. The van der Waals surface area contributed by atoms with Crippen molar-refractivity contribution >= 4 is 11.6 Å². The minimum absolute atomic E-state index is 0.0421. The summed E-state index contributed by atoms with van der Waals surface area (Å²) in [6.07, 6.45) is 6.74. The third-order valence-electron chi connectivity index (χ3n) is 4.41. The lowest BCUT2D eigenvalue weighted by Gasteiger charge is -2.16. The first-order chi connectivity index (χ1) is 7.70. The number of halogens is 1. The minimum Gasteiger partial charge on any atom is -0.321 e. The fourth-order valence-electron chi connectivity index (χ4n) is 3.34. The molecule has 2 aliphatic carbocycles. The molecular weight excluding hydrogens is 218 g/mol. The maximum Gasteiger partial charge on any atom is 0.0445 e. The highest BCUT2D eigenvalue weighted by Crippen LogP contribution is 2.57. The van der Waals surface area contributed by atoms with Gasteiger partial charge in [-0.05, 0) is 36.0 Å². The second-order valence-corrected chi connectivity index (χ2v) is 5.84. The molecule has 0 amide bonds. The standard InChI is InChI=1S/C14H18ClN/c15-12-7-5-11(6-8-12)14(16)9-13(14)10-3-1-2-4-10/h5-8,10,13H,1-4,9,16H2. The van der Waals surface area contributed by atoms with Gasteiger partial charge in [-0.25, -0.2) is 0 Å². The van der Waals surface area contributed by atoms with Crippen molar-refractivity contribution < 1.29 is 0 Å². The Hall–Kier alpha value is -0.530. The summed E-state index contributed by atoms with van der Waals surface area (Å²) in [5.41, 5.74) is 7.73. The number of hydrogen-bond donors (Lipinski definition) is 1. The van der Waals surface area contributed by atoms with E-state index in [4.69, 9.17) is 17.3 Å². The van der Waals surface area contributed by atoms with Crippen LogP contribution in [0.1, 0.15) is 37.7 Å².